The average molecular weight is 323 g/mol. The molecule has 2 saturated carbocycles. The maximum Gasteiger partial charge on any atom is 0.410 e. The zero-order valence-corrected chi connectivity index (χ0v) is 14.5. The summed E-state index contributed by atoms with van der Waals surface area (Å²) < 4.78 is 11.2. The molecule has 1 heterocycles. The minimum Gasteiger partial charge on any atom is -0.460 e. The van der Waals surface area contributed by atoms with Crippen LogP contribution in [0.1, 0.15) is 59.3 Å². The van der Waals surface area contributed by atoms with E-state index in [1.54, 1.807) is 4.90 Å². The van der Waals surface area contributed by atoms with Gasteiger partial charge in [0.1, 0.15) is 11.7 Å². The number of rotatable bonds is 2. The summed E-state index contributed by atoms with van der Waals surface area (Å²) in [5.74, 6) is 1.35. The van der Waals surface area contributed by atoms with E-state index in [4.69, 9.17) is 9.47 Å². The Balaban J connectivity index is 1.50. The van der Waals surface area contributed by atoms with E-state index in [0.717, 1.165) is 25.2 Å². The van der Waals surface area contributed by atoms with Gasteiger partial charge in [0.25, 0.3) is 0 Å². The van der Waals surface area contributed by atoms with Crippen molar-refractivity contribution in [2.24, 2.45) is 17.8 Å². The Morgan fingerprint density at radius 3 is 2.48 bits per heavy atom. The molecule has 0 aromatic carbocycles. The van der Waals surface area contributed by atoms with E-state index >= 15 is 0 Å². The van der Waals surface area contributed by atoms with E-state index in [0.29, 0.717) is 19.0 Å². The van der Waals surface area contributed by atoms with Crippen LogP contribution in [-0.4, -0.2) is 41.8 Å². The number of nitrogens with zero attached hydrogens (tertiary/aromatic N) is 1. The summed E-state index contributed by atoms with van der Waals surface area (Å²) in [7, 11) is 0. The number of likely N-dealkylation sites (tertiary alicyclic amines) is 1. The van der Waals surface area contributed by atoms with Crippen LogP contribution in [0.4, 0.5) is 4.79 Å². The molecule has 2 aliphatic carbocycles. The van der Waals surface area contributed by atoms with Crippen molar-refractivity contribution in [1.29, 1.82) is 0 Å². The van der Waals surface area contributed by atoms with E-state index in [2.05, 4.69) is 0 Å². The quantitative estimate of drug-likeness (QED) is 0.731. The largest absolute Gasteiger partial charge is 0.460 e. The van der Waals surface area contributed by atoms with Gasteiger partial charge in [-0.3, -0.25) is 4.79 Å². The lowest BCUT2D eigenvalue weighted by molar-refractivity contribution is -0.158. The van der Waals surface area contributed by atoms with Gasteiger partial charge in [-0.1, -0.05) is 6.42 Å². The van der Waals surface area contributed by atoms with Gasteiger partial charge in [-0.15, -0.1) is 0 Å². The van der Waals surface area contributed by atoms with Crippen LogP contribution in [0.5, 0.6) is 0 Å². The average Bonchev–Trinajstić information content (AvgIpc) is 3.08. The van der Waals surface area contributed by atoms with E-state index in [1.807, 2.05) is 20.8 Å². The number of carbonyl (C=O) groups excluding carboxylic acids is 2. The van der Waals surface area contributed by atoms with Crippen LogP contribution in [0.15, 0.2) is 0 Å². The molecular weight excluding hydrogens is 294 g/mol. The highest BCUT2D eigenvalue weighted by Gasteiger charge is 2.44. The molecule has 0 aromatic heterocycles. The molecule has 0 aromatic rings. The molecule has 5 nitrogen and oxygen atoms in total. The molecular formula is C18H29NO4. The number of piperidine rings is 1. The molecule has 0 spiro atoms. The number of hydrogen-bond acceptors (Lipinski definition) is 4. The van der Waals surface area contributed by atoms with Gasteiger partial charge in [0.2, 0.25) is 0 Å². The number of ether oxygens (including phenoxy) is 2. The molecule has 5 heteroatoms. The summed E-state index contributed by atoms with van der Waals surface area (Å²) in [6, 6.07) is 0. The van der Waals surface area contributed by atoms with Crippen molar-refractivity contribution in [2.45, 2.75) is 71.0 Å². The van der Waals surface area contributed by atoms with Crippen molar-refractivity contribution in [3.8, 4) is 0 Å². The van der Waals surface area contributed by atoms with E-state index in [-0.39, 0.29) is 24.1 Å². The lowest BCUT2D eigenvalue weighted by atomic mass is 9.89. The van der Waals surface area contributed by atoms with Crippen molar-refractivity contribution >= 4 is 12.1 Å². The first kappa shape index (κ1) is 16.6. The second-order valence-corrected chi connectivity index (χ2v) is 8.41. The molecule has 3 aliphatic rings. The van der Waals surface area contributed by atoms with Crippen molar-refractivity contribution in [3.05, 3.63) is 0 Å². The molecule has 3 fully saturated rings. The lowest BCUT2D eigenvalue weighted by Crippen LogP contribution is -2.46. The second-order valence-electron chi connectivity index (χ2n) is 8.41. The Bertz CT molecular complexity index is 470. The zero-order chi connectivity index (χ0) is 16.6. The molecule has 0 unspecified atom stereocenters. The van der Waals surface area contributed by atoms with Crippen molar-refractivity contribution in [2.75, 3.05) is 13.1 Å². The zero-order valence-electron chi connectivity index (χ0n) is 14.5. The first-order valence-corrected chi connectivity index (χ1v) is 9.00. The molecule has 1 saturated heterocycles. The van der Waals surface area contributed by atoms with Crippen LogP contribution in [0.3, 0.4) is 0 Å². The predicted octanol–water partition coefficient (Wildman–Crippen LogP) is 3.37. The van der Waals surface area contributed by atoms with Gasteiger partial charge < -0.3 is 14.4 Å². The molecule has 130 valence electrons. The Kier molecular flexibility index (Phi) is 4.56. The van der Waals surface area contributed by atoms with Gasteiger partial charge >= 0.3 is 12.1 Å². The first-order chi connectivity index (χ1) is 10.8. The molecule has 1 aliphatic heterocycles. The highest BCUT2D eigenvalue weighted by molar-refractivity contribution is 5.74. The molecule has 0 radical (unpaired) electrons. The molecule has 4 atom stereocenters. The third kappa shape index (κ3) is 3.99. The van der Waals surface area contributed by atoms with Gasteiger partial charge in [-0.05, 0) is 64.7 Å². The van der Waals surface area contributed by atoms with E-state index in [9.17, 15) is 9.59 Å². The van der Waals surface area contributed by atoms with E-state index < -0.39 is 5.60 Å². The fourth-order valence-electron chi connectivity index (χ4n) is 4.31. The van der Waals surface area contributed by atoms with Crippen LogP contribution in [-0.2, 0) is 14.3 Å². The topological polar surface area (TPSA) is 55.8 Å². The van der Waals surface area contributed by atoms with Crippen LogP contribution in [0.25, 0.3) is 0 Å². The highest BCUT2D eigenvalue weighted by atomic mass is 16.6. The fraction of sp³-hybridized carbons (Fsp3) is 0.889. The van der Waals surface area contributed by atoms with Crippen molar-refractivity contribution in [3.63, 3.8) is 0 Å². The number of esters is 1. The smallest absolute Gasteiger partial charge is 0.410 e. The van der Waals surface area contributed by atoms with Crippen LogP contribution in [0.2, 0.25) is 0 Å². The SMILES string of the molecule is CC(C)(C)OC(=O)N1CCC[C@@H](OC(=O)[C@@H]2C[C@H]3CC[C@H]2C3)C1. The van der Waals surface area contributed by atoms with Gasteiger partial charge in [0, 0.05) is 6.54 Å². The van der Waals surface area contributed by atoms with Gasteiger partial charge in [-0.2, -0.15) is 0 Å². The van der Waals surface area contributed by atoms with Gasteiger partial charge in [0.15, 0.2) is 0 Å². The van der Waals surface area contributed by atoms with E-state index in [1.165, 1.54) is 19.3 Å². The maximum atomic E-state index is 12.5. The molecule has 23 heavy (non-hydrogen) atoms. The summed E-state index contributed by atoms with van der Waals surface area (Å²) >= 11 is 0. The summed E-state index contributed by atoms with van der Waals surface area (Å²) in [6.45, 7) is 6.73. The van der Waals surface area contributed by atoms with Crippen molar-refractivity contribution < 1.29 is 19.1 Å². The van der Waals surface area contributed by atoms with Gasteiger partial charge in [0.05, 0.1) is 12.5 Å². The monoisotopic (exact) mass is 323 g/mol. The third-order valence-corrected chi connectivity index (χ3v) is 5.35. The minimum absolute atomic E-state index is 0.0340. The summed E-state index contributed by atoms with van der Waals surface area (Å²) in [5, 5.41) is 0. The van der Waals surface area contributed by atoms with Crippen LogP contribution >= 0.6 is 0 Å². The molecule has 2 bridgehead atoms. The Morgan fingerprint density at radius 1 is 1.09 bits per heavy atom. The number of amides is 1. The first-order valence-electron chi connectivity index (χ1n) is 9.00. The summed E-state index contributed by atoms with van der Waals surface area (Å²) in [4.78, 5) is 26.3. The predicted molar refractivity (Wildman–Crippen MR) is 85.9 cm³/mol. The van der Waals surface area contributed by atoms with Crippen molar-refractivity contribution in [1.82, 2.24) is 4.90 Å². The number of hydrogen-bond donors (Lipinski definition) is 0. The fourth-order valence-corrected chi connectivity index (χ4v) is 4.31. The lowest BCUT2D eigenvalue weighted by Gasteiger charge is -2.34. The highest BCUT2D eigenvalue weighted by Crippen LogP contribution is 2.48. The van der Waals surface area contributed by atoms with Crippen LogP contribution < -0.4 is 0 Å². The second kappa shape index (κ2) is 6.33. The number of fused-ring (bicyclic) bond motifs is 2. The van der Waals surface area contributed by atoms with Gasteiger partial charge in [-0.25, -0.2) is 4.79 Å². The maximum absolute atomic E-state index is 12.5. The van der Waals surface area contributed by atoms with Crippen LogP contribution in [0, 0.1) is 17.8 Å². The molecule has 0 N–H and O–H groups in total. The molecule has 1 amide bonds. The summed E-state index contributed by atoms with van der Waals surface area (Å²) in [5.41, 5.74) is -0.496. The minimum atomic E-state index is -0.496. The Morgan fingerprint density at radius 2 is 1.87 bits per heavy atom. The summed E-state index contributed by atoms with van der Waals surface area (Å²) in [6.07, 6.45) is 5.88. The Hall–Kier alpha value is -1.26. The molecule has 3 rings (SSSR count). The third-order valence-electron chi connectivity index (χ3n) is 5.35. The number of carbonyl (C=O) groups is 2. The standard InChI is InChI=1S/C18H29NO4/c1-18(2,3)23-17(21)19-8-4-5-14(11-19)22-16(20)15-10-12-6-7-13(15)9-12/h12-15H,4-11H2,1-3H3/t12-,13-,14+,15+/m0/s1. The normalized spacial score (nSPS) is 33.6. The Labute approximate surface area is 138 Å².